The number of nitrogens with zero attached hydrogens (tertiary/aromatic N) is 2. The van der Waals surface area contributed by atoms with E-state index in [2.05, 4.69) is 27.3 Å². The molecule has 122 valence electrons. The molecule has 2 N–H and O–H groups in total. The van der Waals surface area contributed by atoms with Crippen molar-refractivity contribution in [3.8, 4) is 11.3 Å². The van der Waals surface area contributed by atoms with Gasteiger partial charge in [-0.1, -0.05) is 6.92 Å². The van der Waals surface area contributed by atoms with Crippen molar-refractivity contribution in [1.82, 2.24) is 20.4 Å². The number of carbonyl (C=O) groups excluding carboxylic acids is 1. The lowest BCUT2D eigenvalue weighted by Gasteiger charge is -2.22. The number of amides is 1. The summed E-state index contributed by atoms with van der Waals surface area (Å²) in [5.41, 5.74) is 1.83. The fraction of sp³-hybridized carbons (Fsp3) is 0.412. The van der Waals surface area contributed by atoms with Crippen LogP contribution in [-0.2, 0) is 0 Å². The van der Waals surface area contributed by atoms with Crippen LogP contribution < -0.4 is 5.32 Å². The van der Waals surface area contributed by atoms with E-state index in [0.717, 1.165) is 25.1 Å². The van der Waals surface area contributed by atoms with Crippen molar-refractivity contribution in [3.05, 3.63) is 41.8 Å². The number of likely N-dealkylation sites (tertiary alicyclic amines) is 1. The maximum absolute atomic E-state index is 12.9. The zero-order chi connectivity index (χ0) is 16.2. The first-order chi connectivity index (χ1) is 11.2. The largest absolute Gasteiger partial charge is 0.349 e. The number of benzene rings is 1. The topological polar surface area (TPSA) is 61.0 Å². The zero-order valence-electron chi connectivity index (χ0n) is 13.2. The highest BCUT2D eigenvalue weighted by atomic mass is 19.1. The number of hydrogen-bond donors (Lipinski definition) is 2. The summed E-state index contributed by atoms with van der Waals surface area (Å²) in [5.74, 6) is -0.451. The van der Waals surface area contributed by atoms with Gasteiger partial charge in [-0.3, -0.25) is 14.8 Å². The summed E-state index contributed by atoms with van der Waals surface area (Å²) in [7, 11) is 0. The third-order valence-corrected chi connectivity index (χ3v) is 4.37. The van der Waals surface area contributed by atoms with E-state index in [9.17, 15) is 9.18 Å². The van der Waals surface area contributed by atoms with E-state index in [1.54, 1.807) is 18.2 Å². The van der Waals surface area contributed by atoms with Gasteiger partial charge in [0.15, 0.2) is 0 Å². The minimum Gasteiger partial charge on any atom is -0.349 e. The molecule has 1 aromatic heterocycles. The first-order valence-corrected chi connectivity index (χ1v) is 8.01. The summed E-state index contributed by atoms with van der Waals surface area (Å²) in [6.45, 7) is 4.91. The summed E-state index contributed by atoms with van der Waals surface area (Å²) in [6, 6.07) is 8.15. The summed E-state index contributed by atoms with van der Waals surface area (Å²) < 4.78 is 12.9. The predicted molar refractivity (Wildman–Crippen MR) is 86.6 cm³/mol. The maximum Gasteiger partial charge on any atom is 0.269 e. The van der Waals surface area contributed by atoms with Crippen molar-refractivity contribution in [2.45, 2.75) is 25.8 Å². The number of nitrogens with one attached hydrogen (secondary N) is 2. The minimum atomic E-state index is -0.292. The van der Waals surface area contributed by atoms with Crippen LogP contribution in [0, 0.1) is 5.82 Å². The minimum absolute atomic E-state index is 0.159. The third kappa shape index (κ3) is 3.59. The Balaban J connectivity index is 1.61. The van der Waals surface area contributed by atoms with Gasteiger partial charge in [-0.05, 0) is 56.3 Å². The lowest BCUT2D eigenvalue weighted by Crippen LogP contribution is -2.40. The number of H-pyrrole nitrogens is 1. The molecule has 0 aliphatic carbocycles. The van der Waals surface area contributed by atoms with Crippen LogP contribution in [0.1, 0.15) is 30.3 Å². The SMILES string of the molecule is CCN1CCCC1CNC(=O)c1cc(-c2ccc(F)cc2)n[nH]1. The van der Waals surface area contributed by atoms with Crippen LogP contribution in [-0.4, -0.2) is 46.7 Å². The molecule has 1 aliphatic heterocycles. The fourth-order valence-corrected chi connectivity index (χ4v) is 3.05. The molecule has 0 saturated carbocycles. The van der Waals surface area contributed by atoms with Crippen LogP contribution in [0.15, 0.2) is 30.3 Å². The van der Waals surface area contributed by atoms with E-state index in [1.165, 1.54) is 18.6 Å². The standard InChI is InChI=1S/C17H21FN4O/c1-2-22-9-3-4-14(22)11-19-17(23)16-10-15(20-21-16)12-5-7-13(18)8-6-12/h5-8,10,14H,2-4,9,11H2,1H3,(H,19,23)(H,20,21). The lowest BCUT2D eigenvalue weighted by molar-refractivity contribution is 0.0936. The lowest BCUT2D eigenvalue weighted by atomic mass is 10.1. The number of hydrogen-bond acceptors (Lipinski definition) is 3. The Morgan fingerprint density at radius 1 is 1.43 bits per heavy atom. The van der Waals surface area contributed by atoms with E-state index >= 15 is 0 Å². The Morgan fingerprint density at radius 2 is 2.22 bits per heavy atom. The van der Waals surface area contributed by atoms with E-state index in [1.807, 2.05) is 0 Å². The van der Waals surface area contributed by atoms with Crippen molar-refractivity contribution in [2.75, 3.05) is 19.6 Å². The molecule has 2 heterocycles. The van der Waals surface area contributed by atoms with Gasteiger partial charge in [-0.15, -0.1) is 0 Å². The summed E-state index contributed by atoms with van der Waals surface area (Å²) in [6.07, 6.45) is 2.31. The van der Waals surface area contributed by atoms with E-state index in [4.69, 9.17) is 0 Å². The molecule has 1 aliphatic rings. The fourth-order valence-electron chi connectivity index (χ4n) is 3.05. The van der Waals surface area contributed by atoms with E-state index in [-0.39, 0.29) is 11.7 Å². The van der Waals surface area contributed by atoms with Crippen LogP contribution in [0.25, 0.3) is 11.3 Å². The van der Waals surface area contributed by atoms with Gasteiger partial charge < -0.3 is 5.32 Å². The molecule has 5 nitrogen and oxygen atoms in total. The number of halogens is 1. The van der Waals surface area contributed by atoms with E-state index in [0.29, 0.717) is 24.0 Å². The van der Waals surface area contributed by atoms with Gasteiger partial charge in [0.25, 0.3) is 5.91 Å². The summed E-state index contributed by atoms with van der Waals surface area (Å²) >= 11 is 0. The van der Waals surface area contributed by atoms with Crippen LogP contribution in [0.2, 0.25) is 0 Å². The Morgan fingerprint density at radius 3 is 2.96 bits per heavy atom. The third-order valence-electron chi connectivity index (χ3n) is 4.37. The van der Waals surface area contributed by atoms with Crippen LogP contribution in [0.4, 0.5) is 4.39 Å². The summed E-state index contributed by atoms with van der Waals surface area (Å²) in [5, 5.41) is 9.85. The zero-order valence-corrected chi connectivity index (χ0v) is 13.2. The van der Waals surface area contributed by atoms with Gasteiger partial charge >= 0.3 is 0 Å². The molecular weight excluding hydrogens is 295 g/mol. The molecule has 23 heavy (non-hydrogen) atoms. The Bertz CT molecular complexity index is 667. The monoisotopic (exact) mass is 316 g/mol. The second kappa shape index (κ2) is 6.91. The number of carbonyl (C=O) groups is 1. The molecule has 2 aromatic rings. The van der Waals surface area contributed by atoms with Crippen molar-refractivity contribution in [1.29, 1.82) is 0 Å². The molecule has 1 atom stereocenters. The number of aromatic amines is 1. The van der Waals surface area contributed by atoms with Gasteiger partial charge in [0, 0.05) is 18.2 Å². The van der Waals surface area contributed by atoms with Crippen molar-refractivity contribution in [3.63, 3.8) is 0 Å². The first-order valence-electron chi connectivity index (χ1n) is 8.01. The highest BCUT2D eigenvalue weighted by Gasteiger charge is 2.23. The van der Waals surface area contributed by atoms with Crippen LogP contribution in [0.3, 0.4) is 0 Å². The Labute approximate surface area is 134 Å². The van der Waals surface area contributed by atoms with Crippen molar-refractivity contribution < 1.29 is 9.18 Å². The second-order valence-corrected chi connectivity index (χ2v) is 5.81. The Hall–Kier alpha value is -2.21. The van der Waals surface area contributed by atoms with Crippen LogP contribution in [0.5, 0.6) is 0 Å². The van der Waals surface area contributed by atoms with Gasteiger partial charge in [-0.2, -0.15) is 5.10 Å². The highest BCUT2D eigenvalue weighted by Crippen LogP contribution is 2.18. The summed E-state index contributed by atoms with van der Waals surface area (Å²) in [4.78, 5) is 14.6. The average molecular weight is 316 g/mol. The maximum atomic E-state index is 12.9. The van der Waals surface area contributed by atoms with Gasteiger partial charge in [0.1, 0.15) is 11.5 Å². The molecule has 1 fully saturated rings. The highest BCUT2D eigenvalue weighted by molar-refractivity contribution is 5.93. The normalized spacial score (nSPS) is 18.3. The van der Waals surface area contributed by atoms with Crippen molar-refractivity contribution >= 4 is 5.91 Å². The molecule has 0 bridgehead atoms. The molecule has 1 aromatic carbocycles. The number of likely N-dealkylation sites (N-methyl/N-ethyl adjacent to an activating group) is 1. The molecule has 6 heteroatoms. The second-order valence-electron chi connectivity index (χ2n) is 5.81. The van der Waals surface area contributed by atoms with Gasteiger partial charge in [0.2, 0.25) is 0 Å². The van der Waals surface area contributed by atoms with Crippen LogP contribution >= 0.6 is 0 Å². The molecule has 3 rings (SSSR count). The molecular formula is C17H21FN4O. The smallest absolute Gasteiger partial charge is 0.269 e. The van der Waals surface area contributed by atoms with Gasteiger partial charge in [0.05, 0.1) is 5.69 Å². The number of aromatic nitrogens is 2. The molecule has 1 saturated heterocycles. The molecule has 1 amide bonds. The molecule has 0 spiro atoms. The quantitative estimate of drug-likeness (QED) is 0.890. The Kier molecular flexibility index (Phi) is 4.71. The first kappa shape index (κ1) is 15.7. The van der Waals surface area contributed by atoms with Gasteiger partial charge in [-0.25, -0.2) is 4.39 Å². The predicted octanol–water partition coefficient (Wildman–Crippen LogP) is 2.43. The van der Waals surface area contributed by atoms with Crippen molar-refractivity contribution in [2.24, 2.45) is 0 Å². The molecule has 0 radical (unpaired) electrons. The molecule has 1 unspecified atom stereocenters. The van der Waals surface area contributed by atoms with E-state index < -0.39 is 0 Å². The average Bonchev–Trinajstić information content (AvgIpc) is 3.22. The number of rotatable bonds is 5.